The molecule has 1 saturated carbocycles. The monoisotopic (exact) mass is 335 g/mol. The van der Waals surface area contributed by atoms with Gasteiger partial charge in [0.2, 0.25) is 0 Å². The molecule has 23 heavy (non-hydrogen) atoms. The van der Waals surface area contributed by atoms with E-state index in [1.54, 1.807) is 11.3 Å². The maximum atomic E-state index is 9.18. The molecule has 1 aromatic rings. The third kappa shape index (κ3) is 6.64. The quantitative estimate of drug-likeness (QED) is 0.784. The highest BCUT2D eigenvalue weighted by Crippen LogP contribution is 2.25. The average Bonchev–Trinajstić information content (AvgIpc) is 2.99. The summed E-state index contributed by atoms with van der Waals surface area (Å²) in [6, 6.07) is 4.16. The van der Waals surface area contributed by atoms with Crippen molar-refractivity contribution in [2.45, 2.75) is 64.0 Å². The number of thiophene rings is 1. The zero-order chi connectivity index (χ0) is 16.7. The summed E-state index contributed by atoms with van der Waals surface area (Å²) in [7, 11) is 0. The molecule has 4 heteroatoms. The molecular weight excluding hydrogens is 306 g/mol. The van der Waals surface area contributed by atoms with E-state index in [-0.39, 0.29) is 6.61 Å². The van der Waals surface area contributed by atoms with Crippen molar-refractivity contribution < 1.29 is 9.84 Å². The zero-order valence-electron chi connectivity index (χ0n) is 14.3. The van der Waals surface area contributed by atoms with Crippen LogP contribution in [0.4, 0.5) is 0 Å². The average molecular weight is 336 g/mol. The summed E-state index contributed by atoms with van der Waals surface area (Å²) in [6.07, 6.45) is 6.97. The first-order valence-electron chi connectivity index (χ1n) is 8.57. The second-order valence-electron chi connectivity index (χ2n) is 7.07. The molecule has 1 fully saturated rings. The Labute approximate surface area is 144 Å². The van der Waals surface area contributed by atoms with E-state index < -0.39 is 5.54 Å². The number of nitrogens with two attached hydrogens (primary N) is 1. The van der Waals surface area contributed by atoms with Crippen molar-refractivity contribution >= 4 is 11.3 Å². The zero-order valence-corrected chi connectivity index (χ0v) is 15.1. The molecule has 1 aromatic heterocycles. The predicted molar refractivity (Wildman–Crippen MR) is 96.6 cm³/mol. The predicted octanol–water partition coefficient (Wildman–Crippen LogP) is 3.34. The third-order valence-corrected chi connectivity index (χ3v) is 5.59. The van der Waals surface area contributed by atoms with Crippen molar-refractivity contribution in [1.29, 1.82) is 0 Å². The second-order valence-corrected chi connectivity index (χ2v) is 8.24. The van der Waals surface area contributed by atoms with Crippen LogP contribution in [0.5, 0.6) is 0 Å². The maximum Gasteiger partial charge on any atom is 0.108 e. The van der Waals surface area contributed by atoms with Crippen LogP contribution in [0.1, 0.15) is 55.7 Å². The van der Waals surface area contributed by atoms with Crippen molar-refractivity contribution in [1.82, 2.24) is 0 Å². The van der Waals surface area contributed by atoms with Crippen LogP contribution in [0, 0.1) is 17.8 Å². The fourth-order valence-electron chi connectivity index (χ4n) is 2.75. The molecule has 1 aliphatic rings. The minimum atomic E-state index is -0.499. The van der Waals surface area contributed by atoms with Gasteiger partial charge in [-0.15, -0.1) is 11.3 Å². The summed E-state index contributed by atoms with van der Waals surface area (Å²) < 4.78 is 5.85. The molecule has 0 aliphatic heterocycles. The van der Waals surface area contributed by atoms with Crippen molar-refractivity contribution in [2.24, 2.45) is 11.7 Å². The van der Waals surface area contributed by atoms with E-state index in [2.05, 4.69) is 30.9 Å². The molecule has 2 rings (SSSR count). The van der Waals surface area contributed by atoms with Gasteiger partial charge in [0.15, 0.2) is 0 Å². The normalized spacial score (nSPS) is 23.8. The molecule has 1 aliphatic carbocycles. The first kappa shape index (κ1) is 18.5. The molecular formula is C19H29NO2S. The smallest absolute Gasteiger partial charge is 0.108 e. The summed E-state index contributed by atoms with van der Waals surface area (Å²) in [6.45, 7) is 4.74. The van der Waals surface area contributed by atoms with Crippen molar-refractivity contribution in [3.05, 3.63) is 21.9 Å². The third-order valence-electron chi connectivity index (χ3n) is 4.53. The van der Waals surface area contributed by atoms with Crippen LogP contribution in [-0.2, 0) is 11.2 Å². The van der Waals surface area contributed by atoms with Gasteiger partial charge in [0, 0.05) is 10.4 Å². The van der Waals surface area contributed by atoms with E-state index in [1.807, 2.05) is 6.92 Å². The SMILES string of the molecule is CC1CCC(OCC#Cc2ccc(CCC(C)(N)CO)s2)CC1. The Balaban J connectivity index is 1.72. The number of rotatable bonds is 6. The lowest BCUT2D eigenvalue weighted by atomic mass is 9.89. The lowest BCUT2D eigenvalue weighted by Gasteiger charge is -2.25. The number of aryl methyl sites for hydroxylation is 1. The van der Waals surface area contributed by atoms with Gasteiger partial charge in [0.25, 0.3) is 0 Å². The van der Waals surface area contributed by atoms with E-state index in [0.29, 0.717) is 12.7 Å². The highest BCUT2D eigenvalue weighted by atomic mass is 32.1. The fraction of sp³-hybridized carbons (Fsp3) is 0.684. The van der Waals surface area contributed by atoms with Crippen LogP contribution in [0.3, 0.4) is 0 Å². The molecule has 0 spiro atoms. The van der Waals surface area contributed by atoms with Gasteiger partial charge < -0.3 is 15.6 Å². The van der Waals surface area contributed by atoms with Crippen LogP contribution in [0.25, 0.3) is 0 Å². The van der Waals surface area contributed by atoms with Gasteiger partial charge in [-0.3, -0.25) is 0 Å². The second kappa shape index (κ2) is 8.84. The minimum absolute atomic E-state index is 0.0162. The number of hydrogen-bond donors (Lipinski definition) is 2. The Morgan fingerprint density at radius 3 is 2.78 bits per heavy atom. The molecule has 0 radical (unpaired) electrons. The van der Waals surface area contributed by atoms with Crippen LogP contribution in [-0.4, -0.2) is 30.0 Å². The summed E-state index contributed by atoms with van der Waals surface area (Å²) in [5, 5.41) is 9.18. The van der Waals surface area contributed by atoms with Gasteiger partial charge in [0.05, 0.1) is 17.6 Å². The highest BCUT2D eigenvalue weighted by Gasteiger charge is 2.18. The molecule has 3 N–H and O–H groups in total. The number of hydrogen-bond acceptors (Lipinski definition) is 4. The Morgan fingerprint density at radius 2 is 2.09 bits per heavy atom. The van der Waals surface area contributed by atoms with E-state index in [1.165, 1.54) is 30.6 Å². The molecule has 1 unspecified atom stereocenters. The van der Waals surface area contributed by atoms with Gasteiger partial charge in [-0.1, -0.05) is 18.8 Å². The molecule has 1 atom stereocenters. The largest absolute Gasteiger partial charge is 0.394 e. The Morgan fingerprint density at radius 1 is 1.35 bits per heavy atom. The summed E-state index contributed by atoms with van der Waals surface area (Å²) in [4.78, 5) is 2.34. The summed E-state index contributed by atoms with van der Waals surface area (Å²) in [5.74, 6) is 7.17. The molecule has 3 nitrogen and oxygen atoms in total. The van der Waals surface area contributed by atoms with E-state index >= 15 is 0 Å². The maximum absolute atomic E-state index is 9.18. The van der Waals surface area contributed by atoms with Crippen molar-refractivity contribution in [3.63, 3.8) is 0 Å². The van der Waals surface area contributed by atoms with Crippen LogP contribution in [0.15, 0.2) is 12.1 Å². The Hall–Kier alpha value is -0.860. The molecule has 128 valence electrons. The number of ether oxygens (including phenoxy) is 1. The van der Waals surface area contributed by atoms with Gasteiger partial charge >= 0.3 is 0 Å². The van der Waals surface area contributed by atoms with Gasteiger partial charge in [0.1, 0.15) is 6.61 Å². The van der Waals surface area contributed by atoms with E-state index in [9.17, 15) is 5.11 Å². The van der Waals surface area contributed by atoms with Gasteiger partial charge in [-0.05, 0) is 63.5 Å². The lowest BCUT2D eigenvalue weighted by molar-refractivity contribution is 0.0396. The highest BCUT2D eigenvalue weighted by molar-refractivity contribution is 7.12. The number of aliphatic hydroxyl groups excluding tert-OH is 1. The molecule has 0 aromatic carbocycles. The first-order chi connectivity index (χ1) is 11.0. The Bertz CT molecular complexity index is 533. The van der Waals surface area contributed by atoms with Crippen molar-refractivity contribution in [3.8, 4) is 11.8 Å². The summed E-state index contributed by atoms with van der Waals surface area (Å²) >= 11 is 1.70. The molecule has 0 saturated heterocycles. The van der Waals surface area contributed by atoms with Gasteiger partial charge in [-0.2, -0.15) is 0 Å². The molecule has 1 heterocycles. The Kier molecular flexibility index (Phi) is 7.10. The van der Waals surface area contributed by atoms with Crippen LogP contribution in [0.2, 0.25) is 0 Å². The molecule has 0 bridgehead atoms. The lowest BCUT2D eigenvalue weighted by Crippen LogP contribution is -2.40. The first-order valence-corrected chi connectivity index (χ1v) is 9.39. The van der Waals surface area contributed by atoms with Crippen LogP contribution < -0.4 is 5.73 Å². The minimum Gasteiger partial charge on any atom is -0.394 e. The fourth-order valence-corrected chi connectivity index (χ4v) is 3.63. The van der Waals surface area contributed by atoms with Crippen molar-refractivity contribution in [2.75, 3.05) is 13.2 Å². The topological polar surface area (TPSA) is 55.5 Å². The standard InChI is InChI=1S/C19H29NO2S/c1-15-5-7-16(8-6-15)22-13-3-4-17-9-10-18(23-17)11-12-19(2,20)14-21/h9-10,15-16,21H,5-8,11-14,20H2,1-2H3. The van der Waals surface area contributed by atoms with E-state index in [4.69, 9.17) is 10.5 Å². The van der Waals surface area contributed by atoms with Crippen LogP contribution >= 0.6 is 11.3 Å². The summed E-state index contributed by atoms with van der Waals surface area (Å²) in [5.41, 5.74) is 5.46. The number of aliphatic hydroxyl groups is 1. The van der Waals surface area contributed by atoms with Gasteiger partial charge in [-0.25, -0.2) is 0 Å². The molecule has 0 amide bonds. The van der Waals surface area contributed by atoms with E-state index in [0.717, 1.165) is 23.6 Å².